The number of ether oxygens (including phenoxy) is 2. The van der Waals surface area contributed by atoms with Crippen molar-refractivity contribution in [3.8, 4) is 0 Å². The van der Waals surface area contributed by atoms with Gasteiger partial charge in [0.1, 0.15) is 0 Å². The predicted octanol–water partition coefficient (Wildman–Crippen LogP) is 19.6. The summed E-state index contributed by atoms with van der Waals surface area (Å²) < 4.78 is 70.3. The molecule has 6 aromatic rings. The third kappa shape index (κ3) is 22.1. The van der Waals surface area contributed by atoms with Crippen molar-refractivity contribution in [2.75, 3.05) is 150 Å². The topological polar surface area (TPSA) is 188 Å². The van der Waals surface area contributed by atoms with Crippen LogP contribution in [0, 0.1) is 51.8 Å². The third-order valence-electron chi connectivity index (χ3n) is 29.8. The van der Waals surface area contributed by atoms with Crippen LogP contribution in [0.4, 0.5) is 22.7 Å². The van der Waals surface area contributed by atoms with Gasteiger partial charge in [-0.05, 0) is 302 Å². The summed E-state index contributed by atoms with van der Waals surface area (Å²) in [6, 6.07) is 46.1. The molecule has 0 spiro atoms. The minimum absolute atomic E-state index is 0.00878. The van der Waals surface area contributed by atoms with E-state index in [1.54, 1.807) is 66.8 Å². The van der Waals surface area contributed by atoms with Crippen LogP contribution in [0.3, 0.4) is 0 Å². The van der Waals surface area contributed by atoms with Gasteiger partial charge < -0.3 is 39.7 Å². The largest absolute Gasteiger partial charge is 0.501 e. The molecule has 4 saturated heterocycles. The fourth-order valence-electron chi connectivity index (χ4n) is 22.6. The van der Waals surface area contributed by atoms with Crippen LogP contribution in [0.5, 0.6) is 0 Å². The number of allylic oxidation sites excluding steroid dienone is 3. The zero-order chi connectivity index (χ0) is 87.5. The Balaban J connectivity index is 0.000000192. The van der Waals surface area contributed by atoms with Crippen molar-refractivity contribution in [3.05, 3.63) is 202 Å². The Morgan fingerprint density at radius 1 is 0.492 bits per heavy atom. The van der Waals surface area contributed by atoms with Gasteiger partial charge in [-0.25, -0.2) is 26.3 Å². The van der Waals surface area contributed by atoms with E-state index in [0.717, 1.165) is 201 Å². The summed E-state index contributed by atoms with van der Waals surface area (Å²) in [6.07, 6.45) is 22.4. The number of rotatable bonds is 34. The quantitative estimate of drug-likeness (QED) is 0.0169. The molecule has 6 saturated carbocycles. The Labute approximate surface area is 751 Å². The lowest BCUT2D eigenvalue weighted by atomic mass is 9.33. The summed E-state index contributed by atoms with van der Waals surface area (Å²) in [6.45, 7) is 43.8. The second kappa shape index (κ2) is 38.3. The monoisotopic (exact) mass is 1760 g/mol. The predicted molar refractivity (Wildman–Crippen MR) is 509 cm³/mol. The first-order valence-corrected chi connectivity index (χ1v) is 51.2. The molecule has 0 unspecified atom stereocenters. The van der Waals surface area contributed by atoms with Gasteiger partial charge in [0.15, 0.2) is 0 Å². The number of anilines is 4. The number of carbonyl (C=O) groups excluding carboxylic acids is 2. The lowest BCUT2D eigenvalue weighted by Crippen LogP contribution is -2.61. The number of piperazine rings is 2. The first-order chi connectivity index (χ1) is 59.2. The first kappa shape index (κ1) is 91.6. The fraction of sp³-hybridized carbons (Fsp3) is 0.569. The number of thioether (sulfide) groups is 2. The van der Waals surface area contributed by atoms with E-state index >= 15 is 0 Å². The number of nitrogens with one attached hydrogen (secondary N) is 4. The van der Waals surface area contributed by atoms with Gasteiger partial charge in [-0.3, -0.25) is 19.4 Å². The van der Waals surface area contributed by atoms with E-state index in [-0.39, 0.29) is 27.3 Å². The number of benzene rings is 6. The molecule has 8 aliphatic carbocycles. The maximum atomic E-state index is 13.6. The number of methoxy groups -OCH3 is 1. The van der Waals surface area contributed by atoms with Gasteiger partial charge in [0, 0.05) is 171 Å². The minimum Gasteiger partial charge on any atom is -0.501 e. The number of piperidine rings is 2. The summed E-state index contributed by atoms with van der Waals surface area (Å²) in [5.74, 6) is 1.34. The summed E-state index contributed by atoms with van der Waals surface area (Å²) in [5.41, 5.74) is 16.4. The van der Waals surface area contributed by atoms with Crippen molar-refractivity contribution in [3.63, 3.8) is 0 Å². The van der Waals surface area contributed by atoms with Crippen LogP contribution in [-0.4, -0.2) is 196 Å². The summed E-state index contributed by atoms with van der Waals surface area (Å²) in [5, 5.41) is 7.48. The second-order valence-electron chi connectivity index (χ2n) is 41.1. The molecular weight excluding hydrogens is 1620 g/mol. The molecule has 4 heterocycles. The highest BCUT2D eigenvalue weighted by Gasteiger charge is 2.68. The van der Waals surface area contributed by atoms with E-state index < -0.39 is 31.9 Å². The lowest BCUT2D eigenvalue weighted by molar-refractivity contribution is -0.167. The van der Waals surface area contributed by atoms with Crippen molar-refractivity contribution >= 4 is 78.1 Å². The Hall–Kier alpha value is -7.12. The molecular formula is C102H140N10O8S4. The van der Waals surface area contributed by atoms with Gasteiger partial charge in [-0.2, -0.15) is 0 Å². The van der Waals surface area contributed by atoms with Gasteiger partial charge in [-0.15, -0.1) is 23.5 Å². The molecule has 124 heavy (non-hydrogen) atoms. The number of nitrogens with zero attached hydrogens (tertiary/aromatic N) is 6. The number of hydrogen-bond donors (Lipinski definition) is 4. The normalized spacial score (nSPS) is 25.1. The smallest absolute Gasteiger partial charge is 0.264 e. The van der Waals surface area contributed by atoms with Crippen molar-refractivity contribution in [1.82, 2.24) is 29.0 Å². The van der Waals surface area contributed by atoms with E-state index in [0.29, 0.717) is 49.7 Å². The van der Waals surface area contributed by atoms with Crippen LogP contribution in [0.15, 0.2) is 200 Å². The minimum atomic E-state index is -4.10. The van der Waals surface area contributed by atoms with Crippen LogP contribution in [-0.2, 0) is 29.5 Å². The molecule has 18 nitrogen and oxygen atoms in total. The molecule has 18 rings (SSSR count). The maximum absolute atomic E-state index is 13.6. The van der Waals surface area contributed by atoms with Crippen LogP contribution >= 0.6 is 23.5 Å². The zero-order valence-electron chi connectivity index (χ0n) is 76.0. The van der Waals surface area contributed by atoms with E-state index in [1.165, 1.54) is 86.8 Å². The molecule has 4 N–H and O–H groups in total. The van der Waals surface area contributed by atoms with E-state index in [1.807, 2.05) is 97.0 Å². The number of sulfonamides is 2. The average molecular weight is 1760 g/mol. The summed E-state index contributed by atoms with van der Waals surface area (Å²) >= 11 is 3.65. The highest BCUT2D eigenvalue weighted by atomic mass is 32.2. The molecule has 12 aliphatic rings. The van der Waals surface area contributed by atoms with Gasteiger partial charge in [0.25, 0.3) is 31.9 Å². The molecule has 0 radical (unpaired) electrons. The van der Waals surface area contributed by atoms with Crippen molar-refractivity contribution in [2.24, 2.45) is 37.9 Å². The SMILES string of the molecule is C=C(OC)C1(C)CCN(CC[C@H](CSc2ccccc2)Nc2ccc(S(=O)(=O)NC(=O)c3ccc(N4CCN(CC5=C(C67CC(C)(C6)C7)CC(C)(C)CC5)CC4)cc3)cc2C)CC1.CCOC1CCN(CC[C@H](CSc2ccccc2)Nc2ccc(S(=O)(=O)NC(=O)c3ccc(N4CCN(CC5=C(C67CC(C)(C6)C7)CC(C)(C)CC5)CC4)cc3)cc2C)CC1. The highest BCUT2D eigenvalue weighted by molar-refractivity contribution is 7.99. The summed E-state index contributed by atoms with van der Waals surface area (Å²) in [7, 11) is -6.48. The Bertz CT molecular complexity index is 5010. The fourth-order valence-corrected chi connectivity index (χ4v) is 26.7. The standard InChI is InChI=1S/C52H71N5O4S2.C50H69N5O4S2/c1-38-31-45(17-18-47(38)53-42(34-62-44-11-9-8-10-12-44)20-24-55-25-22-51(6,23-26-55)39(2)61-7)63(59,60)54-48(58)40-13-15-43(16-14-40)57-29-27-56(28-30-57)33-41-19-21-49(3,4)32-46(41)52-35-50(5,36-52)37-52;1-6-59-42-20-24-53(25-21-42)23-19-40(33-60-43-10-8-7-9-11-43)51-46-17-16-44(30-37(46)2)61(57,58)52-47(56)38-12-14-41(15-13-38)55-28-26-54(27-29-55)32-39-18-22-48(3,4)31-45(39)50-34-49(5,35-50)36-50/h8-18,31,42,53H,2,19-30,32-37H2,1,3-7H3,(H,54,58);7-17,30,40,42,51H,6,18-29,31-36H2,1-5H3,(H,52,56)/t42-,50?,52?;40-,49?,50?/m11/s1. The van der Waals surface area contributed by atoms with E-state index in [4.69, 9.17) is 9.47 Å². The van der Waals surface area contributed by atoms with Crippen LogP contribution < -0.4 is 29.9 Å². The Kier molecular flexibility index (Phi) is 28.3. The number of carbonyl (C=O) groups is 2. The van der Waals surface area contributed by atoms with Crippen molar-refractivity contribution < 1.29 is 35.9 Å². The van der Waals surface area contributed by atoms with Crippen LogP contribution in [0.25, 0.3) is 0 Å². The Morgan fingerprint density at radius 3 is 1.24 bits per heavy atom. The molecule has 10 fully saturated rings. The van der Waals surface area contributed by atoms with Gasteiger partial charge in [0.2, 0.25) is 0 Å². The van der Waals surface area contributed by atoms with E-state index in [2.05, 4.69) is 160 Å². The van der Waals surface area contributed by atoms with E-state index in [9.17, 15) is 26.4 Å². The van der Waals surface area contributed by atoms with Gasteiger partial charge >= 0.3 is 0 Å². The molecule has 6 aromatic carbocycles. The van der Waals surface area contributed by atoms with Crippen LogP contribution in [0.1, 0.15) is 203 Å². The second-order valence-corrected chi connectivity index (χ2v) is 46.6. The van der Waals surface area contributed by atoms with Crippen molar-refractivity contribution in [1.29, 1.82) is 0 Å². The average Bonchev–Trinajstić information content (AvgIpc) is 0.678. The molecule has 670 valence electrons. The maximum Gasteiger partial charge on any atom is 0.264 e. The van der Waals surface area contributed by atoms with Crippen molar-refractivity contribution in [2.45, 2.75) is 223 Å². The third-order valence-corrected chi connectivity index (χ3v) is 34.8. The molecule has 0 aromatic heterocycles. The molecule has 4 bridgehead atoms. The molecule has 22 heteroatoms. The van der Waals surface area contributed by atoms with Gasteiger partial charge in [-0.1, -0.05) is 114 Å². The highest BCUT2D eigenvalue weighted by Crippen LogP contribution is 2.79. The van der Waals surface area contributed by atoms with Crippen LogP contribution in [0.2, 0.25) is 0 Å². The number of hydrogen-bond acceptors (Lipinski definition) is 18. The molecule has 2 atom stereocenters. The number of aryl methyl sites for hydroxylation is 2. The zero-order valence-corrected chi connectivity index (χ0v) is 79.3. The number of likely N-dealkylation sites (tertiary alicyclic amines) is 2. The molecule has 4 aliphatic heterocycles. The summed E-state index contributed by atoms with van der Waals surface area (Å²) in [4.78, 5) is 44.4. The molecule has 2 amide bonds. The Morgan fingerprint density at radius 2 is 0.879 bits per heavy atom. The first-order valence-electron chi connectivity index (χ1n) is 46.3. The van der Waals surface area contributed by atoms with Gasteiger partial charge in [0.05, 0.1) is 28.8 Å². The lowest BCUT2D eigenvalue weighted by Gasteiger charge is -2.72. The number of amides is 2.